The zero-order valence-electron chi connectivity index (χ0n) is 17.2. The second-order valence-corrected chi connectivity index (χ2v) is 7.17. The van der Waals surface area contributed by atoms with Gasteiger partial charge in [0.2, 0.25) is 0 Å². The average Bonchev–Trinajstić information content (AvgIpc) is 3.35. The number of carbonyl (C=O) groups is 2. The predicted octanol–water partition coefficient (Wildman–Crippen LogP) is 0.272. The summed E-state index contributed by atoms with van der Waals surface area (Å²) in [7, 11) is 0. The van der Waals surface area contributed by atoms with Gasteiger partial charge < -0.3 is 28.6 Å². The molecule has 15 heteroatoms. The monoisotopic (exact) mass is 471 g/mol. The molecule has 0 bridgehead atoms. The quantitative estimate of drug-likeness (QED) is 0.230. The van der Waals surface area contributed by atoms with Crippen LogP contribution in [0.2, 0.25) is 0 Å². The van der Waals surface area contributed by atoms with Gasteiger partial charge in [0, 0.05) is 18.8 Å². The van der Waals surface area contributed by atoms with E-state index < -0.39 is 59.2 Å². The van der Waals surface area contributed by atoms with Crippen molar-refractivity contribution in [1.82, 2.24) is 4.98 Å². The van der Waals surface area contributed by atoms with Crippen molar-refractivity contribution < 1.29 is 48.4 Å². The first kappa shape index (κ1) is 24.1. The number of rotatable bonds is 12. The zero-order chi connectivity index (χ0) is 23.8. The maximum Gasteiger partial charge on any atom is 0.340 e. The molecule has 180 valence electrons. The molecule has 0 N–H and O–H groups in total. The Balaban J connectivity index is 1.41. The van der Waals surface area contributed by atoms with Gasteiger partial charge in [0.05, 0.1) is 18.8 Å². The molecule has 5 atom stereocenters. The number of esters is 2. The first-order valence-electron chi connectivity index (χ1n) is 9.95. The average molecular weight is 471 g/mol. The molecular weight excluding hydrogens is 450 g/mol. The van der Waals surface area contributed by atoms with Gasteiger partial charge in [0.15, 0.2) is 12.2 Å². The topological polar surface area (TPSA) is 189 Å². The Bertz CT molecular complexity index is 853. The Labute approximate surface area is 186 Å². The first-order chi connectivity index (χ1) is 15.8. The van der Waals surface area contributed by atoms with Gasteiger partial charge in [-0.1, -0.05) is 0 Å². The summed E-state index contributed by atoms with van der Waals surface area (Å²) in [6.07, 6.45) is -0.955. The fourth-order valence-corrected chi connectivity index (χ4v) is 3.45. The van der Waals surface area contributed by atoms with E-state index in [1.807, 2.05) is 0 Å². The second-order valence-electron chi connectivity index (χ2n) is 7.17. The molecule has 0 radical (unpaired) electrons. The largest absolute Gasteiger partial charge is 0.457 e. The fourth-order valence-electron chi connectivity index (χ4n) is 3.45. The summed E-state index contributed by atoms with van der Waals surface area (Å²) in [6.45, 7) is -0.520. The van der Waals surface area contributed by atoms with Crippen LogP contribution in [0.1, 0.15) is 29.6 Å². The van der Waals surface area contributed by atoms with Crippen LogP contribution in [0.4, 0.5) is 0 Å². The Morgan fingerprint density at radius 2 is 1.82 bits per heavy atom. The number of aromatic nitrogens is 1. The summed E-state index contributed by atoms with van der Waals surface area (Å²) in [4.78, 5) is 57.3. The molecule has 15 nitrogen and oxygen atoms in total. The number of hydrogen-bond donors (Lipinski definition) is 0. The van der Waals surface area contributed by atoms with Crippen LogP contribution in [0.5, 0.6) is 0 Å². The van der Waals surface area contributed by atoms with Crippen LogP contribution in [0.15, 0.2) is 24.5 Å². The molecule has 1 aromatic heterocycles. The molecule has 2 aliphatic heterocycles. The van der Waals surface area contributed by atoms with Crippen molar-refractivity contribution in [3.63, 3.8) is 0 Å². The van der Waals surface area contributed by atoms with Gasteiger partial charge in [-0.2, -0.15) is 0 Å². The third kappa shape index (κ3) is 6.95. The van der Waals surface area contributed by atoms with Gasteiger partial charge in [-0.3, -0.25) is 9.78 Å². The molecule has 3 rings (SSSR count). The van der Waals surface area contributed by atoms with Gasteiger partial charge in [0.1, 0.15) is 24.9 Å². The molecule has 0 unspecified atom stereocenters. The lowest BCUT2D eigenvalue weighted by molar-refractivity contribution is -0.790. The SMILES string of the molecule is O=C(CCC[C@@H](CO[N+](=O)[O-])O[N+](=O)[O-])O[C@@H]1CO[C@H]2[C@@H]1OC[C@H]2OC(=O)c1cccnc1. The van der Waals surface area contributed by atoms with Gasteiger partial charge in [-0.15, -0.1) is 20.2 Å². The summed E-state index contributed by atoms with van der Waals surface area (Å²) in [5.41, 5.74) is 0.282. The van der Waals surface area contributed by atoms with Crippen LogP contribution in [0.25, 0.3) is 0 Å². The summed E-state index contributed by atoms with van der Waals surface area (Å²) in [5.74, 6) is -1.19. The van der Waals surface area contributed by atoms with Crippen LogP contribution in [0, 0.1) is 20.2 Å². The number of hydrogen-bond acceptors (Lipinski definition) is 13. The maximum absolute atomic E-state index is 12.2. The number of pyridine rings is 1. The van der Waals surface area contributed by atoms with Gasteiger partial charge >= 0.3 is 11.9 Å². The number of nitrogens with zero attached hydrogens (tertiary/aromatic N) is 3. The Morgan fingerprint density at radius 1 is 1.12 bits per heavy atom. The normalized spacial score (nSPS) is 24.4. The summed E-state index contributed by atoms with van der Waals surface area (Å²) in [6, 6.07) is 3.17. The third-order valence-electron chi connectivity index (χ3n) is 4.91. The standard InChI is InChI=1S/C18H21N3O12/c22-15(5-1-4-12(33-21(26)27)8-30-20(24)25)31-13-9-28-17-14(10-29-16(13)17)32-18(23)11-3-2-6-19-7-11/h2-3,6-7,12-14,16-17H,1,4-5,8-10H2/t12-,13+,14+,16+,17+/m0/s1. The minimum absolute atomic E-state index is 0.0417. The molecule has 0 spiro atoms. The van der Waals surface area contributed by atoms with E-state index in [2.05, 4.69) is 14.7 Å². The van der Waals surface area contributed by atoms with E-state index >= 15 is 0 Å². The van der Waals surface area contributed by atoms with E-state index in [1.165, 1.54) is 12.4 Å². The van der Waals surface area contributed by atoms with E-state index in [-0.39, 0.29) is 38.0 Å². The lowest BCUT2D eigenvalue weighted by atomic mass is 10.1. The molecule has 2 aliphatic rings. The van der Waals surface area contributed by atoms with Crippen molar-refractivity contribution >= 4 is 11.9 Å². The van der Waals surface area contributed by atoms with Gasteiger partial charge in [0.25, 0.3) is 10.2 Å². The molecule has 1 aromatic rings. The van der Waals surface area contributed by atoms with E-state index in [0.717, 1.165) is 0 Å². The van der Waals surface area contributed by atoms with Gasteiger partial charge in [-0.25, -0.2) is 4.79 Å². The molecule has 2 saturated heterocycles. The van der Waals surface area contributed by atoms with Crippen LogP contribution in [-0.2, 0) is 33.4 Å². The van der Waals surface area contributed by atoms with Crippen molar-refractivity contribution in [1.29, 1.82) is 0 Å². The molecular formula is C18H21N3O12. The highest BCUT2D eigenvalue weighted by Crippen LogP contribution is 2.31. The molecule has 3 heterocycles. The number of fused-ring (bicyclic) bond motifs is 1. The van der Waals surface area contributed by atoms with E-state index in [0.29, 0.717) is 0 Å². The van der Waals surface area contributed by atoms with Gasteiger partial charge in [-0.05, 0) is 25.0 Å². The van der Waals surface area contributed by atoms with Crippen molar-refractivity contribution in [2.45, 2.75) is 49.8 Å². The first-order valence-corrected chi connectivity index (χ1v) is 9.95. The Morgan fingerprint density at radius 3 is 2.42 bits per heavy atom. The molecule has 0 saturated carbocycles. The lowest BCUT2D eigenvalue weighted by Crippen LogP contribution is -2.36. The Hall–Kier alpha value is -3.59. The lowest BCUT2D eigenvalue weighted by Gasteiger charge is -2.17. The van der Waals surface area contributed by atoms with E-state index in [9.17, 15) is 29.8 Å². The van der Waals surface area contributed by atoms with Crippen molar-refractivity contribution in [2.75, 3.05) is 19.8 Å². The molecule has 0 amide bonds. The Kier molecular flexibility index (Phi) is 8.26. The molecule has 0 aliphatic carbocycles. The predicted molar refractivity (Wildman–Crippen MR) is 101 cm³/mol. The van der Waals surface area contributed by atoms with Crippen LogP contribution in [-0.4, -0.2) is 77.4 Å². The van der Waals surface area contributed by atoms with Crippen molar-refractivity contribution in [3.8, 4) is 0 Å². The fraction of sp³-hybridized carbons (Fsp3) is 0.611. The van der Waals surface area contributed by atoms with Crippen LogP contribution >= 0.6 is 0 Å². The highest BCUT2D eigenvalue weighted by atomic mass is 17.0. The minimum atomic E-state index is -1.20. The number of ether oxygens (including phenoxy) is 4. The van der Waals surface area contributed by atoms with Crippen molar-refractivity contribution in [2.24, 2.45) is 0 Å². The maximum atomic E-state index is 12.2. The van der Waals surface area contributed by atoms with E-state index in [1.54, 1.807) is 12.1 Å². The molecule has 2 fully saturated rings. The minimum Gasteiger partial charge on any atom is -0.457 e. The molecule has 0 aromatic carbocycles. The second kappa shape index (κ2) is 11.3. The van der Waals surface area contributed by atoms with Crippen LogP contribution < -0.4 is 0 Å². The van der Waals surface area contributed by atoms with Crippen molar-refractivity contribution in [3.05, 3.63) is 50.3 Å². The summed E-state index contributed by atoms with van der Waals surface area (Å²) < 4.78 is 22.0. The highest BCUT2D eigenvalue weighted by Gasteiger charge is 2.51. The zero-order valence-corrected chi connectivity index (χ0v) is 17.2. The molecule has 33 heavy (non-hydrogen) atoms. The van der Waals surface area contributed by atoms with E-state index in [4.69, 9.17) is 18.9 Å². The highest BCUT2D eigenvalue weighted by molar-refractivity contribution is 5.89. The summed E-state index contributed by atoms with van der Waals surface area (Å²) >= 11 is 0. The number of carbonyl (C=O) groups excluding carboxylic acids is 2. The summed E-state index contributed by atoms with van der Waals surface area (Å²) in [5, 5.41) is 18.5. The smallest absolute Gasteiger partial charge is 0.340 e. The third-order valence-corrected chi connectivity index (χ3v) is 4.91. The van der Waals surface area contributed by atoms with Crippen LogP contribution in [0.3, 0.4) is 0 Å².